The predicted molar refractivity (Wildman–Crippen MR) is 59.0 cm³/mol. The lowest BCUT2D eigenvalue weighted by molar-refractivity contribution is 0.589. The number of aromatic amines is 1. The van der Waals surface area contributed by atoms with E-state index in [0.29, 0.717) is 10.6 Å². The maximum atomic E-state index is 11.5. The van der Waals surface area contributed by atoms with Crippen LogP contribution >= 0.6 is 15.9 Å². The van der Waals surface area contributed by atoms with Crippen molar-refractivity contribution < 1.29 is 0 Å². The number of H-pyrrole nitrogens is 1. The highest BCUT2D eigenvalue weighted by Gasteiger charge is 2.20. The van der Waals surface area contributed by atoms with E-state index < -0.39 is 0 Å². The lowest BCUT2D eigenvalue weighted by Crippen LogP contribution is -2.39. The molecule has 1 aliphatic rings. The van der Waals surface area contributed by atoms with Gasteiger partial charge in [0.25, 0.3) is 5.56 Å². The Morgan fingerprint density at radius 2 is 2.50 bits per heavy atom. The van der Waals surface area contributed by atoms with Crippen LogP contribution in [0.2, 0.25) is 0 Å². The molecule has 1 aromatic heterocycles. The van der Waals surface area contributed by atoms with Gasteiger partial charge in [0.05, 0.1) is 0 Å². The second-order valence-corrected chi connectivity index (χ2v) is 4.72. The molecule has 1 unspecified atom stereocenters. The van der Waals surface area contributed by atoms with Crippen molar-refractivity contribution in [2.45, 2.75) is 17.7 Å². The van der Waals surface area contributed by atoms with Crippen LogP contribution in [-0.4, -0.2) is 27.9 Å². The fraction of sp³-hybridized carbons (Fsp3) is 0.556. The first-order valence-corrected chi connectivity index (χ1v) is 5.61. The van der Waals surface area contributed by atoms with Crippen molar-refractivity contribution >= 4 is 21.7 Å². The van der Waals surface area contributed by atoms with Crippen molar-refractivity contribution in [1.82, 2.24) is 9.97 Å². The third-order valence-corrected chi connectivity index (χ3v) is 3.10. The van der Waals surface area contributed by atoms with Gasteiger partial charge in [-0.1, -0.05) is 15.9 Å². The van der Waals surface area contributed by atoms with Gasteiger partial charge in [0.2, 0.25) is 0 Å². The van der Waals surface area contributed by atoms with Crippen LogP contribution in [0.3, 0.4) is 0 Å². The number of alkyl halides is 1. The molecule has 0 bridgehead atoms. The van der Waals surface area contributed by atoms with E-state index in [9.17, 15) is 4.79 Å². The van der Waals surface area contributed by atoms with Gasteiger partial charge in [0, 0.05) is 30.3 Å². The molecule has 14 heavy (non-hydrogen) atoms. The molecule has 1 fully saturated rings. The van der Waals surface area contributed by atoms with Gasteiger partial charge in [0.15, 0.2) is 5.82 Å². The monoisotopic (exact) mass is 257 g/mol. The summed E-state index contributed by atoms with van der Waals surface area (Å²) in [5.41, 5.74) is -0.103. The molecule has 1 atom stereocenters. The van der Waals surface area contributed by atoms with Crippen LogP contribution in [0.4, 0.5) is 5.82 Å². The van der Waals surface area contributed by atoms with Crippen LogP contribution in [0.15, 0.2) is 17.2 Å². The van der Waals surface area contributed by atoms with Crippen molar-refractivity contribution in [2.75, 3.05) is 18.0 Å². The van der Waals surface area contributed by atoms with Crippen molar-refractivity contribution in [1.29, 1.82) is 0 Å². The molecule has 1 saturated heterocycles. The molecule has 1 aliphatic heterocycles. The number of nitrogens with zero attached hydrogens (tertiary/aromatic N) is 2. The van der Waals surface area contributed by atoms with Crippen molar-refractivity contribution in [3.63, 3.8) is 0 Å². The summed E-state index contributed by atoms with van der Waals surface area (Å²) in [7, 11) is 0. The molecular weight excluding hydrogens is 246 g/mol. The number of aromatic nitrogens is 2. The van der Waals surface area contributed by atoms with Gasteiger partial charge in [0.1, 0.15) is 0 Å². The first kappa shape index (κ1) is 9.71. The Morgan fingerprint density at radius 3 is 3.21 bits per heavy atom. The number of piperidine rings is 1. The van der Waals surface area contributed by atoms with E-state index in [1.807, 2.05) is 4.90 Å². The quantitative estimate of drug-likeness (QED) is 0.768. The molecule has 0 spiro atoms. The molecular formula is C9H12BrN3O. The van der Waals surface area contributed by atoms with Gasteiger partial charge in [-0.15, -0.1) is 0 Å². The van der Waals surface area contributed by atoms with E-state index in [4.69, 9.17) is 0 Å². The summed E-state index contributed by atoms with van der Waals surface area (Å²) >= 11 is 3.57. The second-order valence-electron chi connectivity index (χ2n) is 3.43. The Morgan fingerprint density at radius 1 is 1.64 bits per heavy atom. The van der Waals surface area contributed by atoms with Gasteiger partial charge in [-0.2, -0.15) is 0 Å². The van der Waals surface area contributed by atoms with E-state index in [0.717, 1.165) is 19.5 Å². The minimum atomic E-state index is -0.103. The third-order valence-electron chi connectivity index (χ3n) is 2.35. The van der Waals surface area contributed by atoms with Crippen LogP contribution in [0.5, 0.6) is 0 Å². The Balaban J connectivity index is 2.22. The van der Waals surface area contributed by atoms with E-state index in [2.05, 4.69) is 25.9 Å². The second kappa shape index (κ2) is 4.13. The van der Waals surface area contributed by atoms with Crippen molar-refractivity contribution in [2.24, 2.45) is 0 Å². The Kier molecular flexibility index (Phi) is 2.86. The van der Waals surface area contributed by atoms with Crippen molar-refractivity contribution in [3.8, 4) is 0 Å². The molecule has 1 N–H and O–H groups in total. The zero-order valence-electron chi connectivity index (χ0n) is 7.74. The Labute approximate surface area is 90.5 Å². The summed E-state index contributed by atoms with van der Waals surface area (Å²) in [6.07, 6.45) is 5.45. The molecule has 0 amide bonds. The lowest BCUT2D eigenvalue weighted by Gasteiger charge is -2.29. The van der Waals surface area contributed by atoms with Gasteiger partial charge < -0.3 is 9.88 Å². The first-order chi connectivity index (χ1) is 6.77. The molecule has 5 heteroatoms. The summed E-state index contributed by atoms with van der Waals surface area (Å²) in [5, 5.41) is 0. The van der Waals surface area contributed by atoms with Crippen LogP contribution < -0.4 is 10.5 Å². The zero-order valence-corrected chi connectivity index (χ0v) is 9.33. The molecule has 76 valence electrons. The minimum absolute atomic E-state index is 0.103. The van der Waals surface area contributed by atoms with Gasteiger partial charge >= 0.3 is 0 Å². The molecule has 2 heterocycles. The molecule has 0 aliphatic carbocycles. The topological polar surface area (TPSA) is 49.0 Å². The zero-order chi connectivity index (χ0) is 9.97. The normalized spacial score (nSPS) is 22.4. The largest absolute Gasteiger partial charge is 0.351 e. The van der Waals surface area contributed by atoms with Crippen LogP contribution in [0.25, 0.3) is 0 Å². The van der Waals surface area contributed by atoms with Crippen LogP contribution in [-0.2, 0) is 0 Å². The third kappa shape index (κ3) is 1.97. The lowest BCUT2D eigenvalue weighted by atomic mass is 10.1. The standard InChI is InChI=1S/C9H12BrN3O/c10-7-2-1-5-13(6-7)8-9(14)12-4-3-11-8/h3-4,7H,1-2,5-6H2,(H,12,14). The summed E-state index contributed by atoms with van der Waals surface area (Å²) in [4.78, 5) is 20.7. The average Bonchev–Trinajstić information content (AvgIpc) is 2.18. The maximum Gasteiger partial charge on any atom is 0.290 e. The highest BCUT2D eigenvalue weighted by atomic mass is 79.9. The van der Waals surface area contributed by atoms with E-state index in [1.54, 1.807) is 12.4 Å². The molecule has 1 aromatic rings. The molecule has 2 rings (SSSR count). The number of rotatable bonds is 1. The molecule has 0 radical (unpaired) electrons. The maximum absolute atomic E-state index is 11.5. The molecule has 0 aromatic carbocycles. The smallest absolute Gasteiger partial charge is 0.290 e. The first-order valence-electron chi connectivity index (χ1n) is 4.70. The van der Waals surface area contributed by atoms with Crippen molar-refractivity contribution in [3.05, 3.63) is 22.7 Å². The van der Waals surface area contributed by atoms with E-state index >= 15 is 0 Å². The van der Waals surface area contributed by atoms with E-state index in [1.165, 1.54) is 6.42 Å². The Bertz CT molecular complexity index is 365. The number of hydrogen-bond acceptors (Lipinski definition) is 3. The molecule has 0 saturated carbocycles. The summed E-state index contributed by atoms with van der Waals surface area (Å²) in [6.45, 7) is 1.78. The van der Waals surface area contributed by atoms with Crippen LogP contribution in [0.1, 0.15) is 12.8 Å². The summed E-state index contributed by atoms with van der Waals surface area (Å²) in [6, 6.07) is 0. The minimum Gasteiger partial charge on any atom is -0.351 e. The van der Waals surface area contributed by atoms with Gasteiger partial charge in [-0.05, 0) is 12.8 Å². The Hall–Kier alpha value is -0.840. The fourth-order valence-corrected chi connectivity index (χ4v) is 2.36. The van der Waals surface area contributed by atoms with Gasteiger partial charge in [-0.25, -0.2) is 4.98 Å². The van der Waals surface area contributed by atoms with Gasteiger partial charge in [-0.3, -0.25) is 4.79 Å². The fourth-order valence-electron chi connectivity index (χ4n) is 1.69. The summed E-state index contributed by atoms with van der Waals surface area (Å²) < 4.78 is 0. The highest BCUT2D eigenvalue weighted by molar-refractivity contribution is 9.09. The van der Waals surface area contributed by atoms with Crippen LogP contribution in [0, 0.1) is 0 Å². The SMILES string of the molecule is O=c1[nH]ccnc1N1CCCC(Br)C1. The molecule has 4 nitrogen and oxygen atoms in total. The number of anilines is 1. The number of hydrogen-bond donors (Lipinski definition) is 1. The summed E-state index contributed by atoms with van der Waals surface area (Å²) in [5.74, 6) is 0.539. The predicted octanol–water partition coefficient (Wildman–Crippen LogP) is 1.13. The highest BCUT2D eigenvalue weighted by Crippen LogP contribution is 2.18. The number of halogens is 1. The number of nitrogens with one attached hydrogen (secondary N) is 1. The van der Waals surface area contributed by atoms with E-state index in [-0.39, 0.29) is 5.56 Å². The average molecular weight is 258 g/mol.